The molecular formula is C14H22ClN3O. The van der Waals surface area contributed by atoms with Crippen molar-refractivity contribution in [2.45, 2.75) is 19.9 Å². The topological polar surface area (TPSA) is 44.4 Å². The van der Waals surface area contributed by atoms with E-state index in [1.54, 1.807) is 7.05 Å². The Morgan fingerprint density at radius 2 is 2.16 bits per heavy atom. The van der Waals surface area contributed by atoms with Crippen LogP contribution in [0.4, 0.5) is 5.69 Å². The van der Waals surface area contributed by atoms with Gasteiger partial charge >= 0.3 is 0 Å². The molecule has 0 unspecified atom stereocenters. The number of halogens is 1. The van der Waals surface area contributed by atoms with E-state index >= 15 is 0 Å². The molecule has 106 valence electrons. The van der Waals surface area contributed by atoms with Gasteiger partial charge in [-0.15, -0.1) is 0 Å². The van der Waals surface area contributed by atoms with Crippen LogP contribution in [0.25, 0.3) is 0 Å². The molecule has 0 spiro atoms. The molecule has 0 aliphatic heterocycles. The van der Waals surface area contributed by atoms with Crippen molar-refractivity contribution in [1.82, 2.24) is 10.6 Å². The van der Waals surface area contributed by atoms with Crippen molar-refractivity contribution < 1.29 is 4.79 Å². The molecule has 0 fully saturated rings. The zero-order valence-electron chi connectivity index (χ0n) is 11.8. The molecule has 1 rings (SSSR count). The van der Waals surface area contributed by atoms with Crippen molar-refractivity contribution in [2.75, 3.05) is 32.1 Å². The van der Waals surface area contributed by atoms with E-state index in [1.807, 2.05) is 25.2 Å². The van der Waals surface area contributed by atoms with Gasteiger partial charge in [-0.05, 0) is 30.3 Å². The molecule has 1 aromatic carbocycles. The van der Waals surface area contributed by atoms with E-state index in [-0.39, 0.29) is 5.91 Å². The lowest BCUT2D eigenvalue weighted by Crippen LogP contribution is -2.27. The van der Waals surface area contributed by atoms with Crippen molar-refractivity contribution in [3.63, 3.8) is 0 Å². The maximum Gasteiger partial charge on any atom is 0.221 e. The van der Waals surface area contributed by atoms with Gasteiger partial charge in [0.1, 0.15) is 0 Å². The molecule has 0 atom stereocenters. The molecule has 19 heavy (non-hydrogen) atoms. The van der Waals surface area contributed by atoms with Crippen molar-refractivity contribution >= 4 is 23.2 Å². The quantitative estimate of drug-likeness (QED) is 0.805. The molecule has 0 saturated carbocycles. The third-order valence-corrected chi connectivity index (χ3v) is 3.21. The number of hydrogen-bond donors (Lipinski definition) is 2. The van der Waals surface area contributed by atoms with Gasteiger partial charge in [0.25, 0.3) is 0 Å². The molecule has 1 aromatic rings. The SMILES string of the molecule is CCNCc1cc(Cl)ccc1N(C)CCC(=O)NC. The molecule has 0 radical (unpaired) electrons. The number of benzene rings is 1. The van der Waals surface area contributed by atoms with Crippen molar-refractivity contribution in [1.29, 1.82) is 0 Å². The molecule has 1 amide bonds. The number of hydrogen-bond acceptors (Lipinski definition) is 3. The highest BCUT2D eigenvalue weighted by molar-refractivity contribution is 6.30. The summed E-state index contributed by atoms with van der Waals surface area (Å²) in [6.07, 6.45) is 0.482. The summed E-state index contributed by atoms with van der Waals surface area (Å²) in [7, 11) is 3.64. The Balaban J connectivity index is 2.76. The highest BCUT2D eigenvalue weighted by Crippen LogP contribution is 2.23. The van der Waals surface area contributed by atoms with Crippen LogP contribution in [0.3, 0.4) is 0 Å². The minimum atomic E-state index is 0.0500. The summed E-state index contributed by atoms with van der Waals surface area (Å²) < 4.78 is 0. The Kier molecular flexibility index (Phi) is 6.67. The van der Waals surface area contributed by atoms with Gasteiger partial charge in [0, 0.05) is 44.3 Å². The van der Waals surface area contributed by atoms with E-state index in [4.69, 9.17) is 11.6 Å². The van der Waals surface area contributed by atoms with Crippen LogP contribution in [0.5, 0.6) is 0 Å². The van der Waals surface area contributed by atoms with Gasteiger partial charge in [0.2, 0.25) is 5.91 Å². The molecule has 4 nitrogen and oxygen atoms in total. The number of rotatable bonds is 7. The summed E-state index contributed by atoms with van der Waals surface area (Å²) in [6.45, 7) is 4.44. The third-order valence-electron chi connectivity index (χ3n) is 2.97. The van der Waals surface area contributed by atoms with Crippen molar-refractivity contribution in [2.24, 2.45) is 0 Å². The van der Waals surface area contributed by atoms with Gasteiger partial charge in [0.15, 0.2) is 0 Å². The van der Waals surface area contributed by atoms with E-state index < -0.39 is 0 Å². The van der Waals surface area contributed by atoms with E-state index in [1.165, 1.54) is 0 Å². The summed E-state index contributed by atoms with van der Waals surface area (Å²) >= 11 is 6.04. The van der Waals surface area contributed by atoms with Crippen LogP contribution >= 0.6 is 11.6 Å². The van der Waals surface area contributed by atoms with Crippen LogP contribution < -0.4 is 15.5 Å². The highest BCUT2D eigenvalue weighted by atomic mass is 35.5. The average molecular weight is 284 g/mol. The molecule has 0 heterocycles. The fraction of sp³-hybridized carbons (Fsp3) is 0.500. The van der Waals surface area contributed by atoms with Gasteiger partial charge in [-0.3, -0.25) is 4.79 Å². The van der Waals surface area contributed by atoms with Crippen LogP contribution in [0.2, 0.25) is 5.02 Å². The number of nitrogens with zero attached hydrogens (tertiary/aromatic N) is 1. The average Bonchev–Trinajstić information content (AvgIpc) is 2.42. The van der Waals surface area contributed by atoms with Crippen LogP contribution in [0.1, 0.15) is 18.9 Å². The third kappa shape index (κ3) is 5.09. The molecule has 0 aliphatic carbocycles. The molecule has 0 bridgehead atoms. The molecule has 5 heteroatoms. The zero-order valence-corrected chi connectivity index (χ0v) is 12.5. The number of nitrogens with one attached hydrogen (secondary N) is 2. The number of carbonyl (C=O) groups is 1. The summed E-state index contributed by atoms with van der Waals surface area (Å²) in [5, 5.41) is 6.66. The van der Waals surface area contributed by atoms with E-state index in [0.29, 0.717) is 13.0 Å². The first-order chi connectivity index (χ1) is 9.08. The molecule has 2 N–H and O–H groups in total. The second-order valence-electron chi connectivity index (χ2n) is 4.40. The fourth-order valence-electron chi connectivity index (χ4n) is 1.84. The lowest BCUT2D eigenvalue weighted by Gasteiger charge is -2.22. The summed E-state index contributed by atoms with van der Waals surface area (Å²) in [5.74, 6) is 0.0500. The Hall–Kier alpha value is -1.26. The summed E-state index contributed by atoms with van der Waals surface area (Å²) in [6, 6.07) is 5.84. The fourth-order valence-corrected chi connectivity index (χ4v) is 2.04. The van der Waals surface area contributed by atoms with Crippen LogP contribution in [0.15, 0.2) is 18.2 Å². The Morgan fingerprint density at radius 3 is 2.79 bits per heavy atom. The predicted molar refractivity (Wildman–Crippen MR) is 80.8 cm³/mol. The van der Waals surface area contributed by atoms with E-state index in [2.05, 4.69) is 22.5 Å². The number of carbonyl (C=O) groups excluding carboxylic acids is 1. The number of amides is 1. The first kappa shape index (κ1) is 15.8. The second kappa shape index (κ2) is 8.02. The largest absolute Gasteiger partial charge is 0.374 e. The Bertz CT molecular complexity index is 423. The highest BCUT2D eigenvalue weighted by Gasteiger charge is 2.09. The molecule has 0 aromatic heterocycles. The predicted octanol–water partition coefficient (Wildman–Crippen LogP) is 2.02. The smallest absolute Gasteiger partial charge is 0.221 e. The maximum atomic E-state index is 11.3. The van der Waals surface area contributed by atoms with Crippen LogP contribution in [-0.4, -0.2) is 33.1 Å². The number of anilines is 1. The first-order valence-corrected chi connectivity index (χ1v) is 6.87. The zero-order chi connectivity index (χ0) is 14.3. The van der Waals surface area contributed by atoms with Crippen molar-refractivity contribution in [3.8, 4) is 0 Å². The van der Waals surface area contributed by atoms with Crippen LogP contribution in [0, 0.1) is 0 Å². The standard InChI is InChI=1S/C14H22ClN3O/c1-4-17-10-11-9-12(15)5-6-13(11)18(3)8-7-14(19)16-2/h5-6,9,17H,4,7-8,10H2,1-3H3,(H,16,19). The molecule has 0 aliphatic rings. The minimum absolute atomic E-state index is 0.0500. The molecule has 0 saturated heterocycles. The van der Waals surface area contributed by atoms with Gasteiger partial charge in [-0.2, -0.15) is 0 Å². The summed E-state index contributed by atoms with van der Waals surface area (Å²) in [4.78, 5) is 13.4. The monoisotopic (exact) mass is 283 g/mol. The van der Waals surface area contributed by atoms with Crippen LogP contribution in [-0.2, 0) is 11.3 Å². The van der Waals surface area contributed by atoms with E-state index in [0.717, 1.165) is 29.4 Å². The summed E-state index contributed by atoms with van der Waals surface area (Å²) in [5.41, 5.74) is 2.25. The van der Waals surface area contributed by atoms with E-state index in [9.17, 15) is 4.79 Å². The van der Waals surface area contributed by atoms with Gasteiger partial charge in [-0.25, -0.2) is 0 Å². The lowest BCUT2D eigenvalue weighted by molar-refractivity contribution is -0.120. The first-order valence-electron chi connectivity index (χ1n) is 6.49. The van der Waals surface area contributed by atoms with Gasteiger partial charge in [0.05, 0.1) is 0 Å². The van der Waals surface area contributed by atoms with Gasteiger partial charge in [-0.1, -0.05) is 18.5 Å². The lowest BCUT2D eigenvalue weighted by atomic mass is 10.1. The molecular weight excluding hydrogens is 262 g/mol. The minimum Gasteiger partial charge on any atom is -0.374 e. The second-order valence-corrected chi connectivity index (χ2v) is 4.83. The van der Waals surface area contributed by atoms with Crippen molar-refractivity contribution in [3.05, 3.63) is 28.8 Å². The normalized spacial score (nSPS) is 10.3. The Labute approximate surface area is 120 Å². The maximum absolute atomic E-state index is 11.3. The van der Waals surface area contributed by atoms with Gasteiger partial charge < -0.3 is 15.5 Å². The Morgan fingerprint density at radius 1 is 1.42 bits per heavy atom.